The molecule has 1 saturated heterocycles. The number of nitriles is 1. The van der Waals surface area contributed by atoms with E-state index in [-0.39, 0.29) is 28.5 Å². The average molecular weight is 650 g/mol. The van der Waals surface area contributed by atoms with Crippen LogP contribution in [0.25, 0.3) is 0 Å². The van der Waals surface area contributed by atoms with E-state index >= 15 is 0 Å². The van der Waals surface area contributed by atoms with Crippen LogP contribution >= 0.6 is 0 Å². The van der Waals surface area contributed by atoms with Crippen molar-refractivity contribution in [1.29, 1.82) is 5.26 Å². The monoisotopic (exact) mass is 649 g/mol. The van der Waals surface area contributed by atoms with Crippen molar-refractivity contribution < 1.29 is 22.7 Å². The van der Waals surface area contributed by atoms with Crippen LogP contribution in [0.1, 0.15) is 68.2 Å². The molecule has 1 aliphatic heterocycles. The molecule has 242 valence electrons. The van der Waals surface area contributed by atoms with Crippen molar-refractivity contribution in [1.82, 2.24) is 4.98 Å². The van der Waals surface area contributed by atoms with Gasteiger partial charge < -0.3 is 4.74 Å². The zero-order chi connectivity index (χ0) is 33.7. The van der Waals surface area contributed by atoms with Crippen LogP contribution in [0, 0.1) is 22.7 Å². The van der Waals surface area contributed by atoms with Crippen molar-refractivity contribution >= 4 is 27.5 Å². The lowest BCUT2D eigenvalue weighted by atomic mass is 9.65. The molecule has 5 rings (SSSR count). The van der Waals surface area contributed by atoms with Gasteiger partial charge in [-0.05, 0) is 72.1 Å². The summed E-state index contributed by atoms with van der Waals surface area (Å²) in [6.07, 6.45) is 3.68. The molecule has 4 aromatic rings. The molecule has 0 amide bonds. The fourth-order valence-corrected chi connectivity index (χ4v) is 7.41. The Hall–Kier alpha value is -4.81. The number of ether oxygens (including phenoxy) is 1. The lowest BCUT2D eigenvalue weighted by Gasteiger charge is -2.44. The molecule has 0 aliphatic carbocycles. The number of nitrogens with zero attached hydrogens (tertiary/aromatic N) is 2. The van der Waals surface area contributed by atoms with Gasteiger partial charge in [0, 0.05) is 24.2 Å². The molecule has 2 unspecified atom stereocenters. The second kappa shape index (κ2) is 13.9. The van der Waals surface area contributed by atoms with E-state index in [0.717, 1.165) is 11.1 Å². The molecule has 47 heavy (non-hydrogen) atoms. The van der Waals surface area contributed by atoms with E-state index in [0.29, 0.717) is 31.2 Å². The van der Waals surface area contributed by atoms with Crippen LogP contribution in [0.2, 0.25) is 0 Å². The molecule has 0 saturated carbocycles. The van der Waals surface area contributed by atoms with Crippen molar-refractivity contribution in [3.63, 3.8) is 0 Å². The van der Waals surface area contributed by atoms with Gasteiger partial charge in [0.05, 0.1) is 5.56 Å². The van der Waals surface area contributed by atoms with Crippen LogP contribution in [0.3, 0.4) is 0 Å². The van der Waals surface area contributed by atoms with E-state index in [2.05, 4.69) is 9.71 Å². The van der Waals surface area contributed by atoms with Gasteiger partial charge in [-0.1, -0.05) is 93.6 Å². The standard InChI is InChI=1S/C38H39N3O5S/c1-37(2,3)35(30-15-10-16-31(23-30)41-47(44,45)33-18-17-29(25-39)26-40-33)34-32(42)24-38(46-36(34)43,21-19-27-11-6-4-7-12-27)22-20-28-13-8-5-9-14-28/h4-18,23,26,34-35,41H,19-22,24H2,1-3H3. The second-order valence-electron chi connectivity index (χ2n) is 13.3. The summed E-state index contributed by atoms with van der Waals surface area (Å²) in [5.74, 6) is -2.35. The Balaban J connectivity index is 1.41. The highest BCUT2D eigenvalue weighted by atomic mass is 32.2. The Morgan fingerprint density at radius 1 is 0.915 bits per heavy atom. The summed E-state index contributed by atoms with van der Waals surface area (Å²) in [5, 5.41) is 8.79. The van der Waals surface area contributed by atoms with Gasteiger partial charge in [0.15, 0.2) is 10.8 Å². The van der Waals surface area contributed by atoms with Gasteiger partial charge in [-0.25, -0.2) is 4.98 Å². The van der Waals surface area contributed by atoms with Crippen LogP contribution in [0.5, 0.6) is 0 Å². The smallest absolute Gasteiger partial charge is 0.317 e. The molecule has 9 heteroatoms. The number of nitrogens with one attached hydrogen (secondary N) is 1. The maximum absolute atomic E-state index is 14.2. The number of sulfonamides is 1. The third-order valence-corrected chi connectivity index (χ3v) is 10.0. The molecule has 2 atom stereocenters. The van der Waals surface area contributed by atoms with Gasteiger partial charge in [0.1, 0.15) is 17.6 Å². The zero-order valence-electron chi connectivity index (χ0n) is 26.8. The number of carbonyl (C=O) groups excluding carboxylic acids is 2. The molecule has 0 bridgehead atoms. The lowest BCUT2D eigenvalue weighted by Crippen LogP contribution is -2.51. The van der Waals surface area contributed by atoms with Crippen LogP contribution in [0.15, 0.2) is 108 Å². The topological polar surface area (TPSA) is 126 Å². The SMILES string of the molecule is CC(C)(C)C(c1cccc(NS(=O)(=O)c2ccc(C#N)cn2)c1)C1C(=O)CC(CCc2ccccc2)(CCc2ccccc2)OC1=O. The Bertz CT molecular complexity index is 1800. The number of ketones is 1. The van der Waals surface area contributed by atoms with E-state index in [1.54, 1.807) is 24.3 Å². The summed E-state index contributed by atoms with van der Waals surface area (Å²) >= 11 is 0. The van der Waals surface area contributed by atoms with Crippen molar-refractivity contribution in [3.05, 3.63) is 126 Å². The quantitative estimate of drug-likeness (QED) is 0.137. The van der Waals surface area contributed by atoms with Crippen LogP contribution in [-0.2, 0) is 37.2 Å². The maximum Gasteiger partial charge on any atom is 0.317 e. The van der Waals surface area contributed by atoms with Crippen LogP contribution in [0.4, 0.5) is 5.69 Å². The van der Waals surface area contributed by atoms with Gasteiger partial charge in [-0.3, -0.25) is 14.3 Å². The molecular weight excluding hydrogens is 611 g/mol. The average Bonchev–Trinajstić information content (AvgIpc) is 3.05. The maximum atomic E-state index is 14.2. The largest absolute Gasteiger partial charge is 0.458 e. The van der Waals surface area contributed by atoms with Crippen LogP contribution in [-0.4, -0.2) is 30.8 Å². The van der Waals surface area contributed by atoms with E-state index < -0.39 is 38.8 Å². The van der Waals surface area contributed by atoms with E-state index in [1.165, 1.54) is 18.3 Å². The lowest BCUT2D eigenvalue weighted by molar-refractivity contribution is -0.181. The number of benzene rings is 3. The highest BCUT2D eigenvalue weighted by Gasteiger charge is 2.51. The Morgan fingerprint density at radius 2 is 1.53 bits per heavy atom. The third kappa shape index (κ3) is 8.13. The first kappa shape index (κ1) is 33.6. The minimum Gasteiger partial charge on any atom is -0.458 e. The number of aryl methyl sites for hydroxylation is 2. The number of cyclic esters (lactones) is 1. The second-order valence-corrected chi connectivity index (χ2v) is 14.9. The molecule has 8 nitrogen and oxygen atoms in total. The van der Waals surface area contributed by atoms with Crippen molar-refractivity contribution in [2.24, 2.45) is 11.3 Å². The van der Waals surface area contributed by atoms with E-state index in [9.17, 15) is 18.0 Å². The number of pyridine rings is 1. The molecule has 0 spiro atoms. The number of aromatic nitrogens is 1. The summed E-state index contributed by atoms with van der Waals surface area (Å²) in [6, 6.07) is 31.3. The fraction of sp³-hybridized carbons (Fsp3) is 0.316. The fourth-order valence-electron chi connectivity index (χ4n) is 6.43. The Kier molecular flexibility index (Phi) is 9.92. The molecule has 3 aromatic carbocycles. The van der Waals surface area contributed by atoms with Gasteiger partial charge in [0.25, 0.3) is 10.0 Å². The predicted molar refractivity (Wildman–Crippen MR) is 180 cm³/mol. The number of anilines is 1. The summed E-state index contributed by atoms with van der Waals surface area (Å²) < 4.78 is 35.1. The van der Waals surface area contributed by atoms with Gasteiger partial charge in [0.2, 0.25) is 0 Å². The minimum atomic E-state index is -4.07. The Labute approximate surface area is 276 Å². The summed E-state index contributed by atoms with van der Waals surface area (Å²) in [7, 11) is -4.07. The van der Waals surface area contributed by atoms with Gasteiger partial charge in [-0.15, -0.1) is 0 Å². The number of carbonyl (C=O) groups is 2. The molecule has 1 aromatic heterocycles. The molecule has 0 radical (unpaired) electrons. The summed E-state index contributed by atoms with van der Waals surface area (Å²) in [5.41, 5.74) is 1.87. The number of rotatable bonds is 11. The first-order chi connectivity index (χ1) is 22.4. The zero-order valence-corrected chi connectivity index (χ0v) is 27.7. The van der Waals surface area contributed by atoms with Crippen molar-refractivity contribution in [3.8, 4) is 6.07 Å². The summed E-state index contributed by atoms with van der Waals surface area (Å²) in [6.45, 7) is 5.88. The molecular formula is C38H39N3O5S. The number of hydrogen-bond acceptors (Lipinski definition) is 7. The van der Waals surface area contributed by atoms with Crippen molar-refractivity contribution in [2.45, 2.75) is 69.4 Å². The normalized spacial score (nSPS) is 16.9. The first-order valence-electron chi connectivity index (χ1n) is 15.7. The van der Waals surface area contributed by atoms with Crippen LogP contribution < -0.4 is 4.72 Å². The first-order valence-corrected chi connectivity index (χ1v) is 17.2. The van der Waals surface area contributed by atoms with Gasteiger partial charge in [-0.2, -0.15) is 13.7 Å². The third-order valence-electron chi connectivity index (χ3n) is 8.74. The predicted octanol–water partition coefficient (Wildman–Crippen LogP) is 7.02. The summed E-state index contributed by atoms with van der Waals surface area (Å²) in [4.78, 5) is 32.2. The molecule has 1 N–H and O–H groups in total. The highest BCUT2D eigenvalue weighted by Crippen LogP contribution is 2.47. The van der Waals surface area contributed by atoms with E-state index in [1.807, 2.05) is 87.5 Å². The molecule has 2 heterocycles. The number of hydrogen-bond donors (Lipinski definition) is 1. The Morgan fingerprint density at radius 3 is 2.04 bits per heavy atom. The molecule has 1 fully saturated rings. The van der Waals surface area contributed by atoms with Crippen molar-refractivity contribution in [2.75, 3.05) is 4.72 Å². The molecule has 1 aliphatic rings. The highest BCUT2D eigenvalue weighted by molar-refractivity contribution is 7.92. The van der Waals surface area contributed by atoms with Gasteiger partial charge >= 0.3 is 5.97 Å². The minimum absolute atomic E-state index is 0.104. The number of Topliss-reactive ketones (excluding diaryl/α,β-unsaturated/α-hetero) is 1. The van der Waals surface area contributed by atoms with E-state index in [4.69, 9.17) is 10.00 Å². The number of esters is 1.